The molecule has 0 aliphatic rings. The molecule has 2 nitrogen and oxygen atoms in total. The van der Waals surface area contributed by atoms with Crippen molar-refractivity contribution in [3.63, 3.8) is 0 Å². The molecular weight excluding hydrogens is 377 g/mol. The van der Waals surface area contributed by atoms with E-state index in [1.54, 1.807) is 12.1 Å². The Morgan fingerprint density at radius 1 is 0.889 bits per heavy atom. The Bertz CT molecular complexity index is 1210. The molecule has 1 aromatic heterocycles. The van der Waals surface area contributed by atoms with Crippen LogP contribution in [0.1, 0.15) is 11.3 Å². The smallest absolute Gasteiger partial charge is 0.136 e. The Morgan fingerprint density at radius 3 is 2.52 bits per heavy atom. The molecule has 0 saturated carbocycles. The van der Waals surface area contributed by atoms with Crippen LogP contribution in [0, 0.1) is 11.3 Å². The van der Waals surface area contributed by atoms with E-state index in [2.05, 4.69) is 6.07 Å². The summed E-state index contributed by atoms with van der Waals surface area (Å²) in [5.74, 6) is 1.18. The molecule has 0 saturated heterocycles. The Balaban J connectivity index is 1.78. The fourth-order valence-corrected chi connectivity index (χ4v) is 3.44. The number of hydrogen-bond acceptors (Lipinski definition) is 2. The van der Waals surface area contributed by atoms with Crippen molar-refractivity contribution in [2.45, 2.75) is 0 Å². The summed E-state index contributed by atoms with van der Waals surface area (Å²) in [4.78, 5) is 0. The van der Waals surface area contributed by atoms with Crippen LogP contribution in [0.4, 0.5) is 0 Å². The van der Waals surface area contributed by atoms with Crippen LogP contribution >= 0.6 is 23.2 Å². The number of halogens is 2. The number of rotatable bonds is 3. The average molecular weight is 390 g/mol. The number of nitriles is 1. The molecule has 3 aromatic carbocycles. The monoisotopic (exact) mass is 389 g/mol. The van der Waals surface area contributed by atoms with Gasteiger partial charge < -0.3 is 4.42 Å². The van der Waals surface area contributed by atoms with Gasteiger partial charge in [0.2, 0.25) is 0 Å². The second kappa shape index (κ2) is 7.32. The van der Waals surface area contributed by atoms with Gasteiger partial charge in [0.25, 0.3) is 0 Å². The highest BCUT2D eigenvalue weighted by Gasteiger charge is 2.12. The summed E-state index contributed by atoms with van der Waals surface area (Å²) in [6.07, 6.45) is 1.74. The summed E-state index contributed by atoms with van der Waals surface area (Å²) in [6, 6.07) is 25.2. The van der Waals surface area contributed by atoms with E-state index >= 15 is 0 Å². The van der Waals surface area contributed by atoms with Crippen molar-refractivity contribution in [1.29, 1.82) is 5.26 Å². The maximum atomic E-state index is 9.71. The maximum absolute atomic E-state index is 9.71. The van der Waals surface area contributed by atoms with E-state index in [1.165, 1.54) is 0 Å². The molecule has 0 aliphatic carbocycles. The lowest BCUT2D eigenvalue weighted by Gasteiger charge is -2.05. The summed E-state index contributed by atoms with van der Waals surface area (Å²) in [5.41, 5.74) is 2.12. The van der Waals surface area contributed by atoms with Gasteiger partial charge in [-0.2, -0.15) is 5.26 Å². The summed E-state index contributed by atoms with van der Waals surface area (Å²) in [6.45, 7) is 0. The third kappa shape index (κ3) is 3.36. The first kappa shape index (κ1) is 17.4. The Morgan fingerprint density at radius 2 is 1.67 bits per heavy atom. The van der Waals surface area contributed by atoms with E-state index in [0.29, 0.717) is 32.7 Å². The fourth-order valence-electron chi connectivity index (χ4n) is 3.04. The number of hydrogen-bond donors (Lipinski definition) is 0. The lowest BCUT2D eigenvalue weighted by Crippen LogP contribution is -1.84. The SMILES string of the molecule is N#C/C(=C\c1ccc(-c2cccc(Cl)c2Cl)o1)c1cccc2ccccc12. The van der Waals surface area contributed by atoms with Crippen molar-refractivity contribution >= 4 is 45.6 Å². The van der Waals surface area contributed by atoms with E-state index in [4.69, 9.17) is 27.6 Å². The topological polar surface area (TPSA) is 36.9 Å². The van der Waals surface area contributed by atoms with Crippen LogP contribution in [0.3, 0.4) is 0 Å². The van der Waals surface area contributed by atoms with Gasteiger partial charge in [-0.05, 0) is 41.1 Å². The normalized spacial score (nSPS) is 11.5. The van der Waals surface area contributed by atoms with Gasteiger partial charge in [-0.1, -0.05) is 71.7 Å². The summed E-state index contributed by atoms with van der Waals surface area (Å²) < 4.78 is 5.90. The predicted octanol–water partition coefficient (Wildman–Crippen LogP) is 7.47. The van der Waals surface area contributed by atoms with Crippen molar-refractivity contribution in [3.05, 3.63) is 94.2 Å². The molecule has 0 amide bonds. The second-order valence-electron chi connectivity index (χ2n) is 6.00. The van der Waals surface area contributed by atoms with Crippen LogP contribution in [0.5, 0.6) is 0 Å². The average Bonchev–Trinajstić information content (AvgIpc) is 3.16. The largest absolute Gasteiger partial charge is 0.457 e. The number of allylic oxidation sites excluding steroid dienone is 1. The minimum Gasteiger partial charge on any atom is -0.457 e. The van der Waals surface area contributed by atoms with Gasteiger partial charge in [0.1, 0.15) is 11.5 Å². The molecule has 130 valence electrons. The van der Waals surface area contributed by atoms with Crippen LogP contribution in [0.15, 0.2) is 77.2 Å². The molecule has 4 heteroatoms. The van der Waals surface area contributed by atoms with Gasteiger partial charge in [-0.25, -0.2) is 0 Å². The van der Waals surface area contributed by atoms with Crippen molar-refractivity contribution in [1.82, 2.24) is 0 Å². The molecule has 0 aliphatic heterocycles. The Labute approximate surface area is 166 Å². The molecule has 0 radical (unpaired) electrons. The summed E-state index contributed by atoms with van der Waals surface area (Å²) in [5, 5.41) is 12.7. The molecule has 0 spiro atoms. The molecule has 0 atom stereocenters. The number of nitrogens with zero attached hydrogens (tertiary/aromatic N) is 1. The molecule has 0 fully saturated rings. The zero-order valence-electron chi connectivity index (χ0n) is 14.1. The van der Waals surface area contributed by atoms with Crippen LogP contribution in [0.2, 0.25) is 10.0 Å². The minimum atomic E-state index is 0.443. The highest BCUT2D eigenvalue weighted by molar-refractivity contribution is 6.43. The fraction of sp³-hybridized carbons (Fsp3) is 0. The molecule has 4 aromatic rings. The van der Waals surface area contributed by atoms with Crippen LogP contribution in [0.25, 0.3) is 33.7 Å². The number of benzene rings is 3. The van der Waals surface area contributed by atoms with Gasteiger partial charge in [0, 0.05) is 11.1 Å². The molecule has 0 bridgehead atoms. The van der Waals surface area contributed by atoms with Crippen LogP contribution < -0.4 is 0 Å². The van der Waals surface area contributed by atoms with E-state index in [1.807, 2.05) is 66.7 Å². The van der Waals surface area contributed by atoms with Gasteiger partial charge in [0.15, 0.2) is 0 Å². The quantitative estimate of drug-likeness (QED) is 0.340. The van der Waals surface area contributed by atoms with Crippen LogP contribution in [-0.4, -0.2) is 0 Å². The van der Waals surface area contributed by atoms with E-state index in [0.717, 1.165) is 16.3 Å². The lowest BCUT2D eigenvalue weighted by molar-refractivity contribution is 0.572. The zero-order valence-corrected chi connectivity index (χ0v) is 15.6. The zero-order chi connectivity index (χ0) is 18.8. The summed E-state index contributed by atoms with van der Waals surface area (Å²) >= 11 is 12.4. The Kier molecular flexibility index (Phi) is 4.73. The number of furan rings is 1. The third-order valence-electron chi connectivity index (χ3n) is 4.33. The molecule has 0 N–H and O–H groups in total. The maximum Gasteiger partial charge on any atom is 0.136 e. The molecule has 0 unspecified atom stereocenters. The molecular formula is C23H13Cl2NO. The van der Waals surface area contributed by atoms with Gasteiger partial charge in [0.05, 0.1) is 21.7 Å². The Hall–Kier alpha value is -2.99. The molecule has 1 heterocycles. The first-order chi connectivity index (χ1) is 13.2. The minimum absolute atomic E-state index is 0.443. The van der Waals surface area contributed by atoms with Crippen molar-refractivity contribution < 1.29 is 4.42 Å². The van der Waals surface area contributed by atoms with Crippen molar-refractivity contribution in [2.24, 2.45) is 0 Å². The highest BCUT2D eigenvalue weighted by Crippen LogP contribution is 2.35. The van der Waals surface area contributed by atoms with Crippen LogP contribution in [-0.2, 0) is 0 Å². The third-order valence-corrected chi connectivity index (χ3v) is 5.15. The molecule has 4 rings (SSSR count). The predicted molar refractivity (Wildman–Crippen MR) is 112 cm³/mol. The summed E-state index contributed by atoms with van der Waals surface area (Å²) in [7, 11) is 0. The molecule has 27 heavy (non-hydrogen) atoms. The van der Waals surface area contributed by atoms with Gasteiger partial charge in [-0.15, -0.1) is 0 Å². The van der Waals surface area contributed by atoms with E-state index in [-0.39, 0.29) is 0 Å². The van der Waals surface area contributed by atoms with Crippen molar-refractivity contribution in [2.75, 3.05) is 0 Å². The first-order valence-corrected chi connectivity index (χ1v) is 9.07. The number of fused-ring (bicyclic) bond motifs is 1. The standard InChI is InChI=1S/C23H13Cl2NO/c24-21-10-4-9-20(23(21)25)22-12-11-17(27-22)13-16(14-26)19-8-3-6-15-5-1-2-7-18(15)19/h1-13H/b16-13+. The second-order valence-corrected chi connectivity index (χ2v) is 6.79. The highest BCUT2D eigenvalue weighted by atomic mass is 35.5. The van der Waals surface area contributed by atoms with Crippen molar-refractivity contribution in [3.8, 4) is 17.4 Å². The first-order valence-electron chi connectivity index (χ1n) is 8.31. The van der Waals surface area contributed by atoms with E-state index in [9.17, 15) is 5.26 Å². The van der Waals surface area contributed by atoms with Gasteiger partial charge in [-0.3, -0.25) is 0 Å². The van der Waals surface area contributed by atoms with Gasteiger partial charge >= 0.3 is 0 Å². The van der Waals surface area contributed by atoms with E-state index < -0.39 is 0 Å². The lowest BCUT2D eigenvalue weighted by atomic mass is 9.98.